The second-order valence-corrected chi connectivity index (χ2v) is 8.41. The fourth-order valence-electron chi connectivity index (χ4n) is 4.26. The molecule has 2 aromatic carbocycles. The number of carbonyl (C=O) groups excluding carboxylic acids is 1. The quantitative estimate of drug-likeness (QED) is 0.406. The summed E-state index contributed by atoms with van der Waals surface area (Å²) < 4.78 is 21.1. The molecule has 3 heterocycles. The predicted octanol–water partition coefficient (Wildman–Crippen LogP) is 3.10. The first-order valence-corrected chi connectivity index (χ1v) is 11.8. The Hall–Kier alpha value is -4.41. The van der Waals surface area contributed by atoms with E-state index >= 15 is 0 Å². The molecule has 0 bridgehead atoms. The molecule has 1 saturated heterocycles. The molecular formula is C25H27FN8O2. The molecule has 1 aliphatic heterocycles. The number of hydrogen-bond acceptors (Lipinski definition) is 8. The molecule has 1 fully saturated rings. The molecular weight excluding hydrogens is 463 g/mol. The molecule has 1 amide bonds. The lowest BCUT2D eigenvalue weighted by molar-refractivity contribution is -0.132. The predicted molar refractivity (Wildman–Crippen MR) is 135 cm³/mol. The van der Waals surface area contributed by atoms with Crippen molar-refractivity contribution < 1.29 is 13.7 Å². The first kappa shape index (κ1) is 23.3. The largest absolute Gasteiger partial charge is 0.383 e. The molecule has 4 aromatic rings. The van der Waals surface area contributed by atoms with Crippen LogP contribution in [0.3, 0.4) is 0 Å². The topological polar surface area (TPSA) is 118 Å². The van der Waals surface area contributed by atoms with Crippen LogP contribution >= 0.6 is 0 Å². The van der Waals surface area contributed by atoms with Gasteiger partial charge in [0.05, 0.1) is 5.69 Å². The van der Waals surface area contributed by atoms with Gasteiger partial charge in [0, 0.05) is 38.3 Å². The number of nitrogen functional groups attached to an aromatic ring is 1. The number of amides is 1. The molecule has 10 nitrogen and oxygen atoms in total. The highest BCUT2D eigenvalue weighted by atomic mass is 19.1. The van der Waals surface area contributed by atoms with Crippen LogP contribution in [-0.4, -0.2) is 63.5 Å². The lowest BCUT2D eigenvalue weighted by Crippen LogP contribution is -2.50. The third-order valence-corrected chi connectivity index (χ3v) is 6.12. The molecule has 36 heavy (non-hydrogen) atoms. The SMILES string of the molecule is CCNc1nn(CC(=O)N2CCN(c3ccccc3F)CC2)c(N)c1-c1nc(-c2ccccc2)no1. The van der Waals surface area contributed by atoms with Gasteiger partial charge in [-0.15, -0.1) is 0 Å². The van der Waals surface area contributed by atoms with E-state index in [1.54, 1.807) is 17.0 Å². The number of para-hydroxylation sites is 1. The Balaban J connectivity index is 1.31. The number of halogens is 1. The van der Waals surface area contributed by atoms with Crippen molar-refractivity contribution in [3.8, 4) is 22.8 Å². The summed E-state index contributed by atoms with van der Waals surface area (Å²) in [5.41, 5.74) is 8.25. The van der Waals surface area contributed by atoms with Crippen LogP contribution in [0.4, 0.5) is 21.7 Å². The van der Waals surface area contributed by atoms with Crippen molar-refractivity contribution in [2.75, 3.05) is 48.7 Å². The van der Waals surface area contributed by atoms with Gasteiger partial charge >= 0.3 is 0 Å². The highest BCUT2D eigenvalue weighted by Crippen LogP contribution is 2.33. The maximum Gasteiger partial charge on any atom is 0.265 e. The van der Waals surface area contributed by atoms with E-state index in [4.69, 9.17) is 10.3 Å². The van der Waals surface area contributed by atoms with E-state index in [2.05, 4.69) is 20.6 Å². The van der Waals surface area contributed by atoms with Crippen molar-refractivity contribution in [2.24, 2.45) is 0 Å². The Morgan fingerprint density at radius 1 is 1.08 bits per heavy atom. The minimum atomic E-state index is -0.262. The van der Waals surface area contributed by atoms with Crippen LogP contribution in [0.25, 0.3) is 22.8 Å². The van der Waals surface area contributed by atoms with E-state index in [0.29, 0.717) is 55.6 Å². The number of aromatic nitrogens is 4. The summed E-state index contributed by atoms with van der Waals surface area (Å²) in [6.45, 7) is 4.52. The zero-order valence-corrected chi connectivity index (χ0v) is 19.9. The fourth-order valence-corrected chi connectivity index (χ4v) is 4.26. The molecule has 0 unspecified atom stereocenters. The molecule has 3 N–H and O–H groups in total. The summed E-state index contributed by atoms with van der Waals surface area (Å²) in [7, 11) is 0. The first-order chi connectivity index (χ1) is 17.5. The number of benzene rings is 2. The van der Waals surface area contributed by atoms with Gasteiger partial charge in [0.25, 0.3) is 5.89 Å². The van der Waals surface area contributed by atoms with Crippen molar-refractivity contribution in [1.29, 1.82) is 0 Å². The van der Waals surface area contributed by atoms with Crippen LogP contribution in [0.1, 0.15) is 6.92 Å². The van der Waals surface area contributed by atoms with Gasteiger partial charge in [-0.25, -0.2) is 9.07 Å². The van der Waals surface area contributed by atoms with E-state index in [0.717, 1.165) is 5.56 Å². The van der Waals surface area contributed by atoms with E-state index in [-0.39, 0.29) is 30.0 Å². The van der Waals surface area contributed by atoms with Gasteiger partial charge in [0.15, 0.2) is 5.82 Å². The number of hydrogen-bond donors (Lipinski definition) is 2. The summed E-state index contributed by atoms with van der Waals surface area (Å²) in [5, 5.41) is 11.7. The maximum atomic E-state index is 14.1. The van der Waals surface area contributed by atoms with E-state index in [1.807, 2.05) is 48.2 Å². The van der Waals surface area contributed by atoms with Gasteiger partial charge in [-0.1, -0.05) is 47.6 Å². The minimum absolute atomic E-state index is 0.0381. The van der Waals surface area contributed by atoms with Crippen LogP contribution in [0.5, 0.6) is 0 Å². The van der Waals surface area contributed by atoms with Gasteiger partial charge in [0.2, 0.25) is 11.7 Å². The molecule has 0 saturated carbocycles. The molecule has 0 radical (unpaired) electrons. The summed E-state index contributed by atoms with van der Waals surface area (Å²) >= 11 is 0. The van der Waals surface area contributed by atoms with Crippen molar-refractivity contribution in [2.45, 2.75) is 13.5 Å². The molecule has 1 aliphatic rings. The van der Waals surface area contributed by atoms with Crippen LogP contribution in [0.2, 0.25) is 0 Å². The molecule has 2 aromatic heterocycles. The Bertz CT molecular complexity index is 1350. The van der Waals surface area contributed by atoms with Crippen LogP contribution < -0.4 is 16.0 Å². The third kappa shape index (κ3) is 4.59. The molecule has 11 heteroatoms. The van der Waals surface area contributed by atoms with Crippen LogP contribution in [-0.2, 0) is 11.3 Å². The number of anilines is 3. The number of piperazine rings is 1. The van der Waals surface area contributed by atoms with Gasteiger partial charge in [-0.2, -0.15) is 10.1 Å². The highest BCUT2D eigenvalue weighted by Gasteiger charge is 2.27. The second kappa shape index (κ2) is 10.1. The normalized spacial score (nSPS) is 13.7. The Morgan fingerprint density at radius 2 is 1.81 bits per heavy atom. The zero-order chi connectivity index (χ0) is 25.1. The van der Waals surface area contributed by atoms with Crippen molar-refractivity contribution in [3.05, 3.63) is 60.4 Å². The number of carbonyl (C=O) groups is 1. The monoisotopic (exact) mass is 490 g/mol. The van der Waals surface area contributed by atoms with Gasteiger partial charge < -0.3 is 25.4 Å². The second-order valence-electron chi connectivity index (χ2n) is 8.41. The minimum Gasteiger partial charge on any atom is -0.383 e. The Labute approximate surface area is 207 Å². The summed E-state index contributed by atoms with van der Waals surface area (Å²) in [4.78, 5) is 21.3. The van der Waals surface area contributed by atoms with Crippen LogP contribution in [0.15, 0.2) is 59.1 Å². The number of nitrogens with two attached hydrogens (primary N) is 1. The molecule has 0 spiro atoms. The zero-order valence-electron chi connectivity index (χ0n) is 19.9. The van der Waals surface area contributed by atoms with Gasteiger partial charge in [-0.3, -0.25) is 4.79 Å². The average Bonchev–Trinajstić information content (AvgIpc) is 3.50. The highest BCUT2D eigenvalue weighted by molar-refractivity contribution is 5.83. The molecule has 186 valence electrons. The van der Waals surface area contributed by atoms with E-state index in [9.17, 15) is 9.18 Å². The summed E-state index contributed by atoms with van der Waals surface area (Å²) in [5.74, 6) is 0.996. The van der Waals surface area contributed by atoms with Crippen molar-refractivity contribution in [1.82, 2.24) is 24.8 Å². The van der Waals surface area contributed by atoms with Crippen molar-refractivity contribution in [3.63, 3.8) is 0 Å². The number of rotatable bonds is 7. The number of nitrogens with one attached hydrogen (secondary N) is 1. The molecule has 5 rings (SSSR count). The van der Waals surface area contributed by atoms with Gasteiger partial charge in [-0.05, 0) is 19.1 Å². The Morgan fingerprint density at radius 3 is 2.53 bits per heavy atom. The summed E-state index contributed by atoms with van der Waals surface area (Å²) in [6.07, 6.45) is 0. The average molecular weight is 491 g/mol. The lowest BCUT2D eigenvalue weighted by atomic mass is 10.2. The van der Waals surface area contributed by atoms with E-state index in [1.165, 1.54) is 10.7 Å². The third-order valence-electron chi connectivity index (χ3n) is 6.12. The smallest absolute Gasteiger partial charge is 0.265 e. The van der Waals surface area contributed by atoms with Gasteiger partial charge in [0.1, 0.15) is 23.7 Å². The van der Waals surface area contributed by atoms with E-state index < -0.39 is 0 Å². The lowest BCUT2D eigenvalue weighted by Gasteiger charge is -2.36. The molecule has 0 aliphatic carbocycles. The maximum absolute atomic E-state index is 14.1. The Kier molecular flexibility index (Phi) is 6.52. The summed E-state index contributed by atoms with van der Waals surface area (Å²) in [6, 6.07) is 16.1. The molecule has 0 atom stereocenters. The van der Waals surface area contributed by atoms with Crippen molar-refractivity contribution >= 4 is 23.2 Å². The number of nitrogens with zero attached hydrogens (tertiary/aromatic N) is 6. The first-order valence-electron chi connectivity index (χ1n) is 11.8. The standard InChI is InChI=1S/C25H27FN8O2/c1-2-28-24-21(25-29-23(31-36-25)17-8-4-3-5-9-17)22(27)34(30-24)16-20(35)33-14-12-32(13-15-33)19-11-7-6-10-18(19)26/h3-11H,2,12-16,27H2,1H3,(H,28,30). The fraction of sp³-hybridized carbons (Fsp3) is 0.280. The van der Waals surface area contributed by atoms with Crippen LogP contribution in [0, 0.1) is 5.82 Å².